The molecule has 1 aromatic carbocycles. The Hall–Kier alpha value is -0.280. The van der Waals surface area contributed by atoms with Gasteiger partial charge in [0.1, 0.15) is 0 Å². The molecule has 1 rings (SSSR count). The Balaban J connectivity index is 2.74. The third-order valence-corrected chi connectivity index (χ3v) is 3.69. The van der Waals surface area contributed by atoms with E-state index in [2.05, 4.69) is 19.2 Å². The lowest BCUT2D eigenvalue weighted by molar-refractivity contribution is 0.0476. The second-order valence-corrected chi connectivity index (χ2v) is 5.50. The highest BCUT2D eigenvalue weighted by Crippen LogP contribution is 2.23. The Bertz CT molecular complexity index is 384. The van der Waals surface area contributed by atoms with E-state index in [-0.39, 0.29) is 12.1 Å². The Morgan fingerprint density at radius 1 is 1.26 bits per heavy atom. The number of halogens is 2. The van der Waals surface area contributed by atoms with Crippen molar-refractivity contribution >= 4 is 23.2 Å². The molecular formula is C15H23Cl2NO. The van der Waals surface area contributed by atoms with Crippen molar-refractivity contribution in [2.24, 2.45) is 0 Å². The maximum atomic E-state index is 6.24. The summed E-state index contributed by atoms with van der Waals surface area (Å²) in [6.45, 7) is 7.97. The van der Waals surface area contributed by atoms with Crippen molar-refractivity contribution in [1.29, 1.82) is 0 Å². The molecule has 19 heavy (non-hydrogen) atoms. The summed E-state index contributed by atoms with van der Waals surface area (Å²) in [4.78, 5) is 0. The van der Waals surface area contributed by atoms with Crippen LogP contribution < -0.4 is 5.32 Å². The lowest BCUT2D eigenvalue weighted by Crippen LogP contribution is -2.42. The van der Waals surface area contributed by atoms with Gasteiger partial charge in [0.25, 0.3) is 0 Å². The summed E-state index contributed by atoms with van der Waals surface area (Å²) in [5.74, 6) is 0. The van der Waals surface area contributed by atoms with E-state index in [1.54, 1.807) is 6.07 Å². The first-order valence-electron chi connectivity index (χ1n) is 6.87. The average molecular weight is 304 g/mol. The van der Waals surface area contributed by atoms with E-state index < -0.39 is 0 Å². The van der Waals surface area contributed by atoms with Crippen LogP contribution in [0.1, 0.15) is 32.8 Å². The molecule has 0 bridgehead atoms. The Morgan fingerprint density at radius 3 is 2.58 bits per heavy atom. The molecule has 108 valence electrons. The van der Waals surface area contributed by atoms with E-state index in [1.807, 2.05) is 19.1 Å². The van der Waals surface area contributed by atoms with Crippen molar-refractivity contribution in [3.8, 4) is 0 Å². The number of hydrogen-bond acceptors (Lipinski definition) is 2. The average Bonchev–Trinajstić information content (AvgIpc) is 2.37. The third-order valence-electron chi connectivity index (χ3n) is 3.11. The summed E-state index contributed by atoms with van der Waals surface area (Å²) < 4.78 is 5.71. The summed E-state index contributed by atoms with van der Waals surface area (Å²) in [7, 11) is 0. The first kappa shape index (κ1) is 16.8. The van der Waals surface area contributed by atoms with Gasteiger partial charge in [0.2, 0.25) is 0 Å². The maximum Gasteiger partial charge on any atom is 0.0703 e. The lowest BCUT2D eigenvalue weighted by atomic mass is 10.0. The van der Waals surface area contributed by atoms with Gasteiger partial charge < -0.3 is 10.1 Å². The Kier molecular flexibility index (Phi) is 7.77. The van der Waals surface area contributed by atoms with E-state index in [9.17, 15) is 0 Å². The van der Waals surface area contributed by atoms with Crippen LogP contribution in [0.15, 0.2) is 18.2 Å². The zero-order valence-electron chi connectivity index (χ0n) is 11.9. The number of benzene rings is 1. The predicted octanol–water partition coefficient (Wildman–Crippen LogP) is 4.33. The SMILES string of the molecule is CCCNC(Cc1ccc(Cl)cc1Cl)C(C)OCC. The van der Waals surface area contributed by atoms with Crippen LogP contribution in [0.5, 0.6) is 0 Å². The van der Waals surface area contributed by atoms with Crippen molar-refractivity contribution in [3.63, 3.8) is 0 Å². The molecule has 2 atom stereocenters. The number of ether oxygens (including phenoxy) is 1. The van der Waals surface area contributed by atoms with Crippen LogP contribution in [-0.2, 0) is 11.2 Å². The molecule has 2 unspecified atom stereocenters. The smallest absolute Gasteiger partial charge is 0.0703 e. The first-order valence-corrected chi connectivity index (χ1v) is 7.63. The maximum absolute atomic E-state index is 6.24. The van der Waals surface area contributed by atoms with Gasteiger partial charge in [-0.05, 0) is 50.9 Å². The summed E-state index contributed by atoms with van der Waals surface area (Å²) in [6.07, 6.45) is 2.10. The molecule has 0 radical (unpaired) electrons. The van der Waals surface area contributed by atoms with Gasteiger partial charge in [0, 0.05) is 22.7 Å². The molecule has 1 aromatic rings. The molecule has 0 aromatic heterocycles. The first-order chi connectivity index (χ1) is 9.08. The predicted molar refractivity (Wildman–Crippen MR) is 83.3 cm³/mol. The zero-order chi connectivity index (χ0) is 14.3. The van der Waals surface area contributed by atoms with Crippen LogP contribution in [0.2, 0.25) is 10.0 Å². The second-order valence-electron chi connectivity index (χ2n) is 4.66. The largest absolute Gasteiger partial charge is 0.377 e. The normalized spacial score (nSPS) is 14.4. The van der Waals surface area contributed by atoms with Crippen molar-refractivity contribution < 1.29 is 4.74 Å². The van der Waals surface area contributed by atoms with E-state index >= 15 is 0 Å². The van der Waals surface area contributed by atoms with Gasteiger partial charge in [0.15, 0.2) is 0 Å². The highest BCUT2D eigenvalue weighted by atomic mass is 35.5. The van der Waals surface area contributed by atoms with Gasteiger partial charge >= 0.3 is 0 Å². The van der Waals surface area contributed by atoms with Crippen molar-refractivity contribution in [2.75, 3.05) is 13.2 Å². The molecule has 0 aliphatic rings. The van der Waals surface area contributed by atoms with Crippen LogP contribution in [0, 0.1) is 0 Å². The van der Waals surface area contributed by atoms with Gasteiger partial charge in [-0.1, -0.05) is 36.2 Å². The number of hydrogen-bond donors (Lipinski definition) is 1. The quantitative estimate of drug-likeness (QED) is 0.772. The summed E-state index contributed by atoms with van der Waals surface area (Å²) >= 11 is 12.2. The number of nitrogens with one attached hydrogen (secondary N) is 1. The Labute approximate surface area is 126 Å². The molecule has 4 heteroatoms. The molecule has 1 N–H and O–H groups in total. The third kappa shape index (κ3) is 5.70. The Morgan fingerprint density at radius 2 is 2.00 bits per heavy atom. The van der Waals surface area contributed by atoms with Crippen LogP contribution in [0.4, 0.5) is 0 Å². The van der Waals surface area contributed by atoms with E-state index in [1.165, 1.54) is 0 Å². The van der Waals surface area contributed by atoms with Gasteiger partial charge in [0.05, 0.1) is 6.10 Å². The van der Waals surface area contributed by atoms with Crippen molar-refractivity contribution in [2.45, 2.75) is 45.8 Å². The lowest BCUT2D eigenvalue weighted by Gasteiger charge is -2.25. The topological polar surface area (TPSA) is 21.3 Å². The van der Waals surface area contributed by atoms with E-state index in [4.69, 9.17) is 27.9 Å². The molecule has 0 amide bonds. The molecule has 2 nitrogen and oxygen atoms in total. The monoisotopic (exact) mass is 303 g/mol. The number of rotatable bonds is 8. The minimum Gasteiger partial charge on any atom is -0.377 e. The second kappa shape index (κ2) is 8.80. The van der Waals surface area contributed by atoms with Crippen LogP contribution >= 0.6 is 23.2 Å². The fourth-order valence-electron chi connectivity index (χ4n) is 2.04. The molecule has 0 spiro atoms. The van der Waals surface area contributed by atoms with Crippen molar-refractivity contribution in [1.82, 2.24) is 5.32 Å². The highest BCUT2D eigenvalue weighted by Gasteiger charge is 2.18. The fourth-order valence-corrected chi connectivity index (χ4v) is 2.52. The summed E-state index contributed by atoms with van der Waals surface area (Å²) in [5.41, 5.74) is 1.10. The zero-order valence-corrected chi connectivity index (χ0v) is 13.4. The molecule has 0 fully saturated rings. The van der Waals surface area contributed by atoms with Crippen LogP contribution in [0.25, 0.3) is 0 Å². The van der Waals surface area contributed by atoms with Gasteiger partial charge in [-0.3, -0.25) is 0 Å². The highest BCUT2D eigenvalue weighted by molar-refractivity contribution is 6.35. The van der Waals surface area contributed by atoms with E-state index in [0.717, 1.165) is 36.6 Å². The summed E-state index contributed by atoms with van der Waals surface area (Å²) in [5, 5.41) is 4.92. The van der Waals surface area contributed by atoms with E-state index in [0.29, 0.717) is 5.02 Å². The van der Waals surface area contributed by atoms with Gasteiger partial charge in [-0.25, -0.2) is 0 Å². The molecule has 0 aliphatic heterocycles. The van der Waals surface area contributed by atoms with Gasteiger partial charge in [-0.15, -0.1) is 0 Å². The minimum absolute atomic E-state index is 0.156. The van der Waals surface area contributed by atoms with Crippen LogP contribution in [0.3, 0.4) is 0 Å². The molecular weight excluding hydrogens is 281 g/mol. The van der Waals surface area contributed by atoms with Crippen LogP contribution in [-0.4, -0.2) is 25.3 Å². The standard InChI is InChI=1S/C15H23Cl2NO/c1-4-8-18-15(11(3)19-5-2)9-12-6-7-13(16)10-14(12)17/h6-7,10-11,15,18H,4-5,8-9H2,1-3H3. The van der Waals surface area contributed by atoms with Crippen molar-refractivity contribution in [3.05, 3.63) is 33.8 Å². The summed E-state index contributed by atoms with van der Waals surface area (Å²) in [6, 6.07) is 5.92. The molecule has 0 saturated heterocycles. The van der Waals surface area contributed by atoms with Gasteiger partial charge in [-0.2, -0.15) is 0 Å². The fraction of sp³-hybridized carbons (Fsp3) is 0.600. The minimum atomic E-state index is 0.156. The molecule has 0 heterocycles. The molecule has 0 aliphatic carbocycles. The molecule has 0 saturated carbocycles.